The molecule has 2 heterocycles. The van der Waals surface area contributed by atoms with Gasteiger partial charge in [0.25, 0.3) is 5.91 Å². The molecule has 0 atom stereocenters. The van der Waals surface area contributed by atoms with Gasteiger partial charge in [-0.25, -0.2) is 4.79 Å². The molecule has 3 aromatic rings. The number of carbonyl (C=O) groups excluding carboxylic acids is 1. The molecule has 0 radical (unpaired) electrons. The fraction of sp³-hybridized carbons (Fsp3) is 0. The molecule has 5 heteroatoms. The monoisotopic (exact) mass is 316 g/mol. The van der Waals surface area contributed by atoms with Gasteiger partial charge in [0, 0.05) is 28.4 Å². The quantitative estimate of drug-likeness (QED) is 0.710. The van der Waals surface area contributed by atoms with Crippen molar-refractivity contribution in [1.29, 1.82) is 0 Å². The van der Waals surface area contributed by atoms with Gasteiger partial charge < -0.3 is 10.4 Å². The molecule has 0 saturated carbocycles. The summed E-state index contributed by atoms with van der Waals surface area (Å²) < 4.78 is 0. The highest BCUT2D eigenvalue weighted by Crippen LogP contribution is 2.34. The summed E-state index contributed by atoms with van der Waals surface area (Å²) in [6.07, 6.45) is 3.47. The maximum Gasteiger partial charge on any atom is 0.335 e. The van der Waals surface area contributed by atoms with Crippen molar-refractivity contribution in [2.24, 2.45) is 0 Å². The lowest BCUT2D eigenvalue weighted by molar-refractivity contribution is -0.110. The van der Waals surface area contributed by atoms with Crippen LogP contribution in [0.1, 0.15) is 21.5 Å². The highest BCUT2D eigenvalue weighted by molar-refractivity contribution is 6.35. The van der Waals surface area contributed by atoms with Crippen LogP contribution in [0.4, 0.5) is 5.69 Å². The topological polar surface area (TPSA) is 79.3 Å². The third-order valence-electron chi connectivity index (χ3n) is 4.03. The van der Waals surface area contributed by atoms with Crippen LogP contribution in [0, 0.1) is 0 Å². The van der Waals surface area contributed by atoms with E-state index < -0.39 is 5.97 Å². The van der Waals surface area contributed by atoms with Crippen LogP contribution in [-0.4, -0.2) is 22.0 Å². The zero-order chi connectivity index (χ0) is 16.7. The molecule has 2 aromatic carbocycles. The van der Waals surface area contributed by atoms with Crippen molar-refractivity contribution in [3.8, 4) is 0 Å². The number of hydrogen-bond donors (Lipinski definition) is 2. The van der Waals surface area contributed by atoms with E-state index in [1.54, 1.807) is 18.3 Å². The molecule has 116 valence electrons. The molecule has 1 aliphatic heterocycles. The Labute approximate surface area is 137 Å². The molecule has 0 bridgehead atoms. The highest BCUT2D eigenvalue weighted by atomic mass is 16.4. The molecule has 1 aliphatic rings. The predicted molar refractivity (Wildman–Crippen MR) is 91.6 cm³/mol. The maximum absolute atomic E-state index is 12.3. The van der Waals surface area contributed by atoms with Crippen LogP contribution in [0.3, 0.4) is 0 Å². The zero-order valence-electron chi connectivity index (χ0n) is 12.5. The molecule has 24 heavy (non-hydrogen) atoms. The summed E-state index contributed by atoms with van der Waals surface area (Å²) in [6.45, 7) is 0. The summed E-state index contributed by atoms with van der Waals surface area (Å²) in [5.74, 6) is -1.26. The maximum atomic E-state index is 12.3. The van der Waals surface area contributed by atoms with Gasteiger partial charge in [0.15, 0.2) is 0 Å². The summed E-state index contributed by atoms with van der Waals surface area (Å²) in [7, 11) is 0. The molecule has 0 fully saturated rings. The number of carbonyl (C=O) groups is 2. The average Bonchev–Trinajstić information content (AvgIpc) is 2.90. The lowest BCUT2D eigenvalue weighted by atomic mass is 10.00. The first-order valence-corrected chi connectivity index (χ1v) is 7.38. The molecule has 4 rings (SSSR count). The highest BCUT2D eigenvalue weighted by Gasteiger charge is 2.25. The number of anilines is 1. The van der Waals surface area contributed by atoms with Crippen molar-refractivity contribution >= 4 is 40.1 Å². The Kier molecular flexibility index (Phi) is 3.13. The van der Waals surface area contributed by atoms with E-state index in [-0.39, 0.29) is 11.5 Å². The van der Waals surface area contributed by atoms with Crippen LogP contribution in [0.2, 0.25) is 0 Å². The second kappa shape index (κ2) is 5.31. The summed E-state index contributed by atoms with van der Waals surface area (Å²) >= 11 is 0. The number of aromatic carboxylic acids is 1. The van der Waals surface area contributed by atoms with Gasteiger partial charge in [-0.1, -0.05) is 18.2 Å². The fourth-order valence-corrected chi connectivity index (χ4v) is 2.86. The van der Waals surface area contributed by atoms with Crippen molar-refractivity contribution in [1.82, 2.24) is 4.98 Å². The van der Waals surface area contributed by atoms with Crippen molar-refractivity contribution in [2.75, 3.05) is 5.32 Å². The fourth-order valence-electron chi connectivity index (χ4n) is 2.86. The first kappa shape index (κ1) is 14.1. The largest absolute Gasteiger partial charge is 0.478 e. The minimum Gasteiger partial charge on any atom is -0.478 e. The summed E-state index contributed by atoms with van der Waals surface area (Å²) in [5, 5.41) is 12.9. The van der Waals surface area contributed by atoms with E-state index in [0.717, 1.165) is 16.5 Å². The van der Waals surface area contributed by atoms with Crippen LogP contribution in [0.5, 0.6) is 0 Å². The Balaban J connectivity index is 1.91. The number of para-hydroxylation sites is 1. The number of hydrogen-bond acceptors (Lipinski definition) is 3. The number of carboxylic acid groups (broad SMARTS) is 1. The van der Waals surface area contributed by atoms with Crippen LogP contribution >= 0.6 is 0 Å². The number of amides is 1. The number of pyridine rings is 1. The zero-order valence-corrected chi connectivity index (χ0v) is 12.5. The summed E-state index contributed by atoms with van der Waals surface area (Å²) in [5.41, 5.74) is 3.51. The van der Waals surface area contributed by atoms with Crippen molar-refractivity contribution < 1.29 is 14.7 Å². The van der Waals surface area contributed by atoms with Crippen LogP contribution < -0.4 is 5.32 Å². The first-order valence-electron chi connectivity index (χ1n) is 7.38. The van der Waals surface area contributed by atoms with E-state index in [9.17, 15) is 9.59 Å². The second-order valence-corrected chi connectivity index (χ2v) is 5.49. The molecule has 2 N–H and O–H groups in total. The van der Waals surface area contributed by atoms with Crippen LogP contribution in [0.15, 0.2) is 54.7 Å². The summed E-state index contributed by atoms with van der Waals surface area (Å²) in [6, 6.07) is 14.1. The van der Waals surface area contributed by atoms with E-state index in [1.807, 2.05) is 30.3 Å². The Bertz CT molecular complexity index is 1030. The van der Waals surface area contributed by atoms with Gasteiger partial charge in [-0.05, 0) is 42.0 Å². The average molecular weight is 316 g/mol. The van der Waals surface area contributed by atoms with E-state index in [1.165, 1.54) is 12.1 Å². The van der Waals surface area contributed by atoms with Crippen molar-refractivity contribution in [2.45, 2.75) is 0 Å². The third-order valence-corrected chi connectivity index (χ3v) is 4.03. The normalized spacial score (nSPS) is 14.7. The Morgan fingerprint density at radius 1 is 1.12 bits per heavy atom. The van der Waals surface area contributed by atoms with Gasteiger partial charge in [-0.2, -0.15) is 0 Å². The third kappa shape index (κ3) is 2.23. The number of carboxylic acids is 1. The number of benzene rings is 2. The lowest BCUT2D eigenvalue weighted by Gasteiger charge is -2.03. The Morgan fingerprint density at radius 2 is 1.96 bits per heavy atom. The van der Waals surface area contributed by atoms with Gasteiger partial charge >= 0.3 is 5.97 Å². The number of nitrogens with zero attached hydrogens (tertiary/aromatic N) is 1. The smallest absolute Gasteiger partial charge is 0.335 e. The first-order chi connectivity index (χ1) is 11.6. The van der Waals surface area contributed by atoms with Crippen LogP contribution in [0.25, 0.3) is 22.6 Å². The van der Waals surface area contributed by atoms with E-state index >= 15 is 0 Å². The minimum atomic E-state index is -1.02. The molecule has 1 aromatic heterocycles. The number of fused-ring (bicyclic) bond motifs is 2. The Hall–Kier alpha value is -3.47. The molecular weight excluding hydrogens is 304 g/mol. The van der Waals surface area contributed by atoms with E-state index in [2.05, 4.69) is 10.3 Å². The molecule has 5 nitrogen and oxygen atoms in total. The van der Waals surface area contributed by atoms with Gasteiger partial charge in [-0.3, -0.25) is 9.78 Å². The number of aromatic nitrogens is 1. The Morgan fingerprint density at radius 3 is 2.79 bits per heavy atom. The van der Waals surface area contributed by atoms with Crippen LogP contribution in [-0.2, 0) is 4.79 Å². The minimum absolute atomic E-state index is 0.149. The van der Waals surface area contributed by atoms with Gasteiger partial charge in [0.1, 0.15) is 0 Å². The van der Waals surface area contributed by atoms with Crippen molar-refractivity contribution in [3.63, 3.8) is 0 Å². The number of rotatable bonds is 2. The SMILES string of the molecule is O=C1Nc2ccc(C(=O)O)cc2C1=Cc1ccnc2ccccc12. The number of nitrogens with one attached hydrogen (secondary N) is 1. The van der Waals surface area contributed by atoms with E-state index in [0.29, 0.717) is 16.8 Å². The van der Waals surface area contributed by atoms with Crippen molar-refractivity contribution in [3.05, 3.63) is 71.4 Å². The molecular formula is C19H12N2O3. The van der Waals surface area contributed by atoms with Gasteiger partial charge in [0.05, 0.1) is 11.1 Å². The lowest BCUT2D eigenvalue weighted by Crippen LogP contribution is -2.03. The molecule has 1 amide bonds. The molecule has 0 spiro atoms. The van der Waals surface area contributed by atoms with Gasteiger partial charge in [0.2, 0.25) is 0 Å². The predicted octanol–water partition coefficient (Wildman–Crippen LogP) is 3.43. The van der Waals surface area contributed by atoms with E-state index in [4.69, 9.17) is 5.11 Å². The standard InChI is InChI=1S/C19H12N2O3/c22-18-15(14-10-12(19(23)24)5-6-17(14)21-18)9-11-7-8-20-16-4-2-1-3-13(11)16/h1-10H,(H,21,22)(H,23,24). The molecule has 0 saturated heterocycles. The molecule has 0 aliphatic carbocycles. The summed E-state index contributed by atoms with van der Waals surface area (Å²) in [4.78, 5) is 27.8. The second-order valence-electron chi connectivity index (χ2n) is 5.49. The molecule has 0 unspecified atom stereocenters. The van der Waals surface area contributed by atoms with Gasteiger partial charge in [-0.15, -0.1) is 0 Å².